The summed E-state index contributed by atoms with van der Waals surface area (Å²) in [6.07, 6.45) is -1.43. The molecule has 1 N–H and O–H groups in total. The quantitative estimate of drug-likeness (QED) is 0.529. The van der Waals surface area contributed by atoms with Gasteiger partial charge in [0.25, 0.3) is 11.8 Å². The van der Waals surface area contributed by atoms with Crippen LogP contribution < -0.4 is 4.90 Å². The van der Waals surface area contributed by atoms with E-state index in [0.717, 1.165) is 25.0 Å². The molecule has 2 aromatic carbocycles. The molecule has 3 amide bonds. The van der Waals surface area contributed by atoms with Crippen molar-refractivity contribution in [3.8, 4) is 0 Å². The van der Waals surface area contributed by atoms with E-state index in [2.05, 4.69) is 4.90 Å². The molecule has 0 unspecified atom stereocenters. The molecule has 4 heterocycles. The average Bonchev–Trinajstić information content (AvgIpc) is 3.60. The number of carbonyl (C=O) groups is 3. The number of hydrogen-bond donors (Lipinski definition) is 1. The van der Waals surface area contributed by atoms with Gasteiger partial charge in [-0.25, -0.2) is 0 Å². The highest BCUT2D eigenvalue weighted by atomic mass is 19.4. The Morgan fingerprint density at radius 1 is 0.976 bits per heavy atom. The Balaban J connectivity index is 1.07. The Kier molecular flexibility index (Phi) is 7.51. The molecule has 3 fully saturated rings. The lowest BCUT2D eigenvalue weighted by Crippen LogP contribution is -2.49. The fourth-order valence-electron chi connectivity index (χ4n) is 6.73. The maximum atomic E-state index is 13.4. The third-order valence-corrected chi connectivity index (χ3v) is 9.20. The van der Waals surface area contributed by atoms with Gasteiger partial charge in [0.15, 0.2) is 0 Å². The van der Waals surface area contributed by atoms with Crippen LogP contribution in [0.3, 0.4) is 0 Å². The molecule has 0 radical (unpaired) electrons. The van der Waals surface area contributed by atoms with Crippen molar-refractivity contribution in [3.05, 3.63) is 64.7 Å². The van der Waals surface area contributed by atoms with Gasteiger partial charge in [-0.05, 0) is 68.4 Å². The monoisotopic (exact) mass is 585 g/mol. The molecule has 3 saturated heterocycles. The molecule has 0 saturated carbocycles. The van der Waals surface area contributed by atoms with Crippen LogP contribution in [0.1, 0.15) is 70.4 Å². The minimum absolute atomic E-state index is 0.0203. The molecule has 8 nitrogen and oxygen atoms in total. The molecule has 4 aliphatic heterocycles. The first kappa shape index (κ1) is 28.7. The predicted octanol–water partition coefficient (Wildman–Crippen LogP) is 4.21. The maximum Gasteiger partial charge on any atom is 0.416 e. The zero-order valence-corrected chi connectivity index (χ0v) is 23.2. The number of imide groups is 1. The number of likely N-dealkylation sites (tertiary alicyclic amines) is 1. The second kappa shape index (κ2) is 11.0. The van der Waals surface area contributed by atoms with Crippen LogP contribution in [0.2, 0.25) is 0 Å². The summed E-state index contributed by atoms with van der Waals surface area (Å²) in [6, 6.07) is 10.1. The number of anilines is 1. The molecule has 1 atom stereocenters. The van der Waals surface area contributed by atoms with Crippen molar-refractivity contribution in [2.45, 2.75) is 56.4 Å². The minimum atomic E-state index is -4.50. The largest absolute Gasteiger partial charge is 0.416 e. The molecular formula is C31H34F3N3O5. The van der Waals surface area contributed by atoms with Crippen LogP contribution in [0.25, 0.3) is 0 Å². The van der Waals surface area contributed by atoms with Crippen molar-refractivity contribution in [2.24, 2.45) is 5.92 Å². The van der Waals surface area contributed by atoms with Crippen LogP contribution in [-0.2, 0) is 21.3 Å². The van der Waals surface area contributed by atoms with Gasteiger partial charge >= 0.3 is 6.18 Å². The molecule has 0 spiro atoms. The third kappa shape index (κ3) is 5.28. The minimum Gasteiger partial charge on any atom is -0.385 e. The lowest BCUT2D eigenvalue weighted by atomic mass is 9.83. The Morgan fingerprint density at radius 2 is 1.69 bits per heavy atom. The summed E-state index contributed by atoms with van der Waals surface area (Å²) in [5.41, 5.74) is -0.488. The zero-order chi connectivity index (χ0) is 29.6. The van der Waals surface area contributed by atoms with Gasteiger partial charge in [0.05, 0.1) is 40.6 Å². The summed E-state index contributed by atoms with van der Waals surface area (Å²) in [7, 11) is 0. The summed E-state index contributed by atoms with van der Waals surface area (Å²) >= 11 is 0. The van der Waals surface area contributed by atoms with E-state index in [-0.39, 0.29) is 67.8 Å². The number of alkyl halides is 3. The first-order valence-corrected chi connectivity index (χ1v) is 14.6. The topological polar surface area (TPSA) is 90.4 Å². The van der Waals surface area contributed by atoms with Crippen molar-refractivity contribution >= 4 is 23.4 Å². The number of piperidine rings is 2. The number of rotatable bonds is 5. The Morgan fingerprint density at radius 3 is 2.36 bits per heavy atom. The summed E-state index contributed by atoms with van der Waals surface area (Å²) in [5, 5.41) is 11.1. The van der Waals surface area contributed by atoms with E-state index < -0.39 is 17.3 Å². The van der Waals surface area contributed by atoms with Crippen molar-refractivity contribution in [2.75, 3.05) is 44.2 Å². The summed E-state index contributed by atoms with van der Waals surface area (Å²) < 4.78 is 45.2. The number of halogens is 3. The lowest BCUT2D eigenvalue weighted by molar-refractivity contribution is -0.140. The fourth-order valence-corrected chi connectivity index (χ4v) is 6.73. The highest BCUT2D eigenvalue weighted by molar-refractivity contribution is 6.23. The van der Waals surface area contributed by atoms with Crippen LogP contribution >= 0.6 is 0 Å². The molecule has 0 aliphatic carbocycles. The third-order valence-electron chi connectivity index (χ3n) is 9.20. The average molecular weight is 586 g/mol. The number of amides is 3. The standard InChI is InChI=1S/C31H34F3N3O5/c32-31(33,34)22-5-1-4-21(18-22)30(41)11-15-36(16-12-30)27(38)20-9-13-35(14-10-20)25-8-2-7-24-26(25)29(40)37(28(24)39)19-23-6-3-17-42-23/h1-2,4-5,7-8,18,20,23,41H,3,6,9-17,19H2/t23-/m1/s1. The van der Waals surface area contributed by atoms with Gasteiger partial charge < -0.3 is 19.6 Å². The number of ether oxygens (including phenoxy) is 1. The molecule has 2 aromatic rings. The normalized spacial score (nSPS) is 23.0. The van der Waals surface area contributed by atoms with E-state index >= 15 is 0 Å². The number of nitrogens with zero attached hydrogens (tertiary/aromatic N) is 3. The highest BCUT2D eigenvalue weighted by Gasteiger charge is 2.42. The predicted molar refractivity (Wildman–Crippen MR) is 147 cm³/mol. The highest BCUT2D eigenvalue weighted by Crippen LogP contribution is 2.38. The summed E-state index contributed by atoms with van der Waals surface area (Å²) in [4.78, 5) is 44.8. The molecule has 11 heteroatoms. The zero-order valence-electron chi connectivity index (χ0n) is 23.2. The smallest absolute Gasteiger partial charge is 0.385 e. The molecule has 42 heavy (non-hydrogen) atoms. The van der Waals surface area contributed by atoms with Gasteiger partial charge in [-0.15, -0.1) is 0 Å². The molecule has 6 rings (SSSR count). The van der Waals surface area contributed by atoms with E-state index in [1.807, 2.05) is 6.07 Å². The fraction of sp³-hybridized carbons (Fsp3) is 0.516. The van der Waals surface area contributed by atoms with E-state index in [0.29, 0.717) is 49.4 Å². The van der Waals surface area contributed by atoms with Gasteiger partial charge in [-0.3, -0.25) is 19.3 Å². The van der Waals surface area contributed by atoms with Crippen LogP contribution in [0, 0.1) is 5.92 Å². The number of hydrogen-bond acceptors (Lipinski definition) is 6. The van der Waals surface area contributed by atoms with Crippen LogP contribution in [0.5, 0.6) is 0 Å². The van der Waals surface area contributed by atoms with Gasteiger partial charge in [0.1, 0.15) is 0 Å². The number of carbonyl (C=O) groups excluding carboxylic acids is 3. The second-order valence-corrected chi connectivity index (χ2v) is 11.8. The van der Waals surface area contributed by atoms with Gasteiger partial charge in [0, 0.05) is 38.7 Å². The molecule has 0 aromatic heterocycles. The number of fused-ring (bicyclic) bond motifs is 1. The SMILES string of the molecule is O=C(C1CCN(c2cccc3c2C(=O)N(C[C@H]2CCCO2)C3=O)CC1)N1CCC(O)(c2cccc(C(F)(F)F)c2)CC1. The van der Waals surface area contributed by atoms with Crippen molar-refractivity contribution in [3.63, 3.8) is 0 Å². The molecular weight excluding hydrogens is 551 g/mol. The lowest BCUT2D eigenvalue weighted by Gasteiger charge is -2.41. The van der Waals surface area contributed by atoms with Crippen LogP contribution in [-0.4, -0.2) is 78.1 Å². The van der Waals surface area contributed by atoms with Gasteiger partial charge in [-0.2, -0.15) is 13.2 Å². The van der Waals surface area contributed by atoms with Gasteiger partial charge in [0.2, 0.25) is 5.91 Å². The van der Waals surface area contributed by atoms with Crippen molar-refractivity contribution in [1.82, 2.24) is 9.80 Å². The molecule has 224 valence electrons. The summed E-state index contributed by atoms with van der Waals surface area (Å²) in [6.45, 7) is 2.50. The first-order chi connectivity index (χ1) is 20.0. The van der Waals surface area contributed by atoms with E-state index in [1.165, 1.54) is 17.0 Å². The Hall–Kier alpha value is -3.44. The molecule has 4 aliphatic rings. The second-order valence-electron chi connectivity index (χ2n) is 11.8. The first-order valence-electron chi connectivity index (χ1n) is 14.6. The Labute approximate surface area is 242 Å². The summed E-state index contributed by atoms with van der Waals surface area (Å²) in [5.74, 6) is -0.854. The van der Waals surface area contributed by atoms with Crippen LogP contribution in [0.4, 0.5) is 18.9 Å². The van der Waals surface area contributed by atoms with Crippen molar-refractivity contribution in [1.29, 1.82) is 0 Å². The van der Waals surface area contributed by atoms with Gasteiger partial charge in [-0.1, -0.05) is 18.2 Å². The van der Waals surface area contributed by atoms with Crippen LogP contribution in [0.15, 0.2) is 42.5 Å². The molecule has 0 bridgehead atoms. The number of benzene rings is 2. The van der Waals surface area contributed by atoms with E-state index in [9.17, 15) is 32.7 Å². The van der Waals surface area contributed by atoms with E-state index in [1.54, 1.807) is 17.0 Å². The number of aliphatic hydroxyl groups is 1. The van der Waals surface area contributed by atoms with Crippen molar-refractivity contribution < 1.29 is 37.4 Å². The van der Waals surface area contributed by atoms with E-state index in [4.69, 9.17) is 4.74 Å². The maximum absolute atomic E-state index is 13.4. The Bertz CT molecular complexity index is 1370.